The molecule has 8 aromatic rings. The van der Waals surface area contributed by atoms with E-state index in [1.54, 1.807) is 6.20 Å². The number of rotatable bonds is 4. The Bertz CT molecular complexity index is 2280. The van der Waals surface area contributed by atoms with Gasteiger partial charge in [0.2, 0.25) is 0 Å². The summed E-state index contributed by atoms with van der Waals surface area (Å²) in [5, 5.41) is 3.69. The minimum Gasteiger partial charge on any atom is -0.305 e. The molecular weight excluding hydrogens is 763 g/mol. The number of pyridine rings is 3. The van der Waals surface area contributed by atoms with E-state index < -0.39 is 0 Å². The molecule has 0 amide bonds. The number of aromatic nitrogens is 3. The number of benzene rings is 5. The molecule has 8 rings (SSSR count). The Kier molecular flexibility index (Phi) is 9.96. The fourth-order valence-electron chi connectivity index (χ4n) is 6.03. The normalized spacial score (nSPS) is 10.6. The molecule has 0 saturated heterocycles. The van der Waals surface area contributed by atoms with Crippen LogP contribution in [0.4, 0.5) is 0 Å². The zero-order valence-corrected chi connectivity index (χ0v) is 29.4. The predicted octanol–water partition coefficient (Wildman–Crippen LogP) is 11.1. The van der Waals surface area contributed by atoms with Gasteiger partial charge in [-0.2, -0.15) is 0 Å². The summed E-state index contributed by atoms with van der Waals surface area (Å²) in [5.74, 6) is 0. The number of aryl methyl sites for hydroxylation is 3. The quantitative estimate of drug-likeness (QED) is 0.132. The second kappa shape index (κ2) is 14.6. The van der Waals surface area contributed by atoms with Crippen molar-refractivity contribution in [2.24, 2.45) is 0 Å². The Hall–Kier alpha value is -5.28. The minimum absolute atomic E-state index is 0. The van der Waals surface area contributed by atoms with Crippen LogP contribution in [0.15, 0.2) is 146 Å². The molecule has 1 radical (unpaired) electrons. The fourth-order valence-corrected chi connectivity index (χ4v) is 6.03. The van der Waals surface area contributed by atoms with E-state index in [0.29, 0.717) is 0 Å². The molecule has 0 aliphatic heterocycles. The van der Waals surface area contributed by atoms with Gasteiger partial charge in [-0.15, -0.1) is 65.2 Å². The van der Waals surface area contributed by atoms with Gasteiger partial charge in [0, 0.05) is 44.1 Å². The van der Waals surface area contributed by atoms with Gasteiger partial charge in [-0.1, -0.05) is 73.2 Å². The van der Waals surface area contributed by atoms with Crippen LogP contribution in [0.25, 0.3) is 66.4 Å². The second-order valence-corrected chi connectivity index (χ2v) is 11.8. The fraction of sp³-hybridized carbons (Fsp3) is 0.0682. The van der Waals surface area contributed by atoms with E-state index in [9.17, 15) is 0 Å². The van der Waals surface area contributed by atoms with Gasteiger partial charge in [0.25, 0.3) is 0 Å². The third kappa shape index (κ3) is 7.01. The monoisotopic (exact) mass is 796 g/mol. The molecule has 235 valence electrons. The average molecular weight is 796 g/mol. The van der Waals surface area contributed by atoms with Crippen molar-refractivity contribution in [3.63, 3.8) is 0 Å². The van der Waals surface area contributed by atoms with Crippen LogP contribution in [0.2, 0.25) is 0 Å². The predicted molar refractivity (Wildman–Crippen MR) is 195 cm³/mol. The number of nitrogens with zero attached hydrogens (tertiary/aromatic N) is 3. The topological polar surface area (TPSA) is 38.7 Å². The Morgan fingerprint density at radius 2 is 1.17 bits per heavy atom. The van der Waals surface area contributed by atoms with Gasteiger partial charge in [-0.05, 0) is 94.2 Å². The smallest absolute Gasteiger partial charge is 0.0714 e. The van der Waals surface area contributed by atoms with Crippen molar-refractivity contribution in [3.8, 4) is 44.8 Å². The second-order valence-electron chi connectivity index (χ2n) is 11.8. The van der Waals surface area contributed by atoms with Gasteiger partial charge in [-0.3, -0.25) is 4.98 Å². The summed E-state index contributed by atoms with van der Waals surface area (Å²) >= 11 is 0. The van der Waals surface area contributed by atoms with E-state index in [1.165, 1.54) is 55.1 Å². The first kappa shape index (κ1) is 32.7. The van der Waals surface area contributed by atoms with Gasteiger partial charge >= 0.3 is 0 Å². The van der Waals surface area contributed by atoms with Crippen LogP contribution in [-0.2, 0) is 20.1 Å². The summed E-state index contributed by atoms with van der Waals surface area (Å²) in [6.45, 7) is 6.41. The first-order chi connectivity index (χ1) is 23.0. The van der Waals surface area contributed by atoms with Crippen LogP contribution in [0.1, 0.15) is 16.7 Å². The minimum atomic E-state index is 0. The van der Waals surface area contributed by atoms with Crippen LogP contribution in [-0.4, -0.2) is 15.0 Å². The van der Waals surface area contributed by atoms with Crippen molar-refractivity contribution in [3.05, 3.63) is 175 Å². The summed E-state index contributed by atoms with van der Waals surface area (Å²) in [4.78, 5) is 13.5. The Labute approximate surface area is 295 Å². The van der Waals surface area contributed by atoms with Crippen molar-refractivity contribution in [2.45, 2.75) is 20.8 Å². The Morgan fingerprint density at radius 1 is 0.500 bits per heavy atom. The number of hydrogen-bond donors (Lipinski definition) is 0. The molecule has 5 aromatic carbocycles. The molecule has 0 saturated carbocycles. The van der Waals surface area contributed by atoms with Crippen molar-refractivity contribution in [1.29, 1.82) is 0 Å². The SMILES string of the molecule is Cc1cc(-c2cc(-c3ccccn3)[c-]cc2C)cc(-c2cc3ncc(C)cc3c3ccccc23)c1.[Ir].[c-]1ccccc1-c1ccccn1. The molecule has 0 aliphatic carbocycles. The van der Waals surface area contributed by atoms with Gasteiger partial charge < -0.3 is 9.97 Å². The molecule has 3 heterocycles. The summed E-state index contributed by atoms with van der Waals surface area (Å²) in [7, 11) is 0. The maximum absolute atomic E-state index is 4.77. The summed E-state index contributed by atoms with van der Waals surface area (Å²) in [5.41, 5.74) is 13.4. The Morgan fingerprint density at radius 3 is 1.85 bits per heavy atom. The summed E-state index contributed by atoms with van der Waals surface area (Å²) < 4.78 is 0. The van der Waals surface area contributed by atoms with E-state index in [0.717, 1.165) is 28.0 Å². The Balaban J connectivity index is 0.000000260. The van der Waals surface area contributed by atoms with Crippen LogP contribution in [0, 0.1) is 32.9 Å². The van der Waals surface area contributed by atoms with Crippen molar-refractivity contribution < 1.29 is 20.1 Å². The van der Waals surface area contributed by atoms with E-state index in [4.69, 9.17) is 4.98 Å². The van der Waals surface area contributed by atoms with E-state index in [1.807, 2.05) is 73.1 Å². The largest absolute Gasteiger partial charge is 0.305 e. The first-order valence-corrected chi connectivity index (χ1v) is 15.8. The van der Waals surface area contributed by atoms with E-state index >= 15 is 0 Å². The van der Waals surface area contributed by atoms with Crippen LogP contribution in [0.3, 0.4) is 0 Å². The molecule has 48 heavy (non-hydrogen) atoms. The van der Waals surface area contributed by atoms with Crippen molar-refractivity contribution in [1.82, 2.24) is 15.0 Å². The van der Waals surface area contributed by atoms with Crippen molar-refractivity contribution >= 4 is 21.7 Å². The van der Waals surface area contributed by atoms with Gasteiger partial charge in [0.15, 0.2) is 0 Å². The van der Waals surface area contributed by atoms with E-state index in [-0.39, 0.29) is 20.1 Å². The molecule has 0 fully saturated rings. The summed E-state index contributed by atoms with van der Waals surface area (Å²) in [6, 6.07) is 50.4. The summed E-state index contributed by atoms with van der Waals surface area (Å²) in [6.07, 6.45) is 5.57. The maximum Gasteiger partial charge on any atom is 0.0714 e. The maximum atomic E-state index is 4.77. The zero-order valence-electron chi connectivity index (χ0n) is 27.0. The molecule has 4 heteroatoms. The van der Waals surface area contributed by atoms with Crippen LogP contribution in [0.5, 0.6) is 0 Å². The standard InChI is InChI=1S/C33H25N2.C11H8N.Ir/c1-21-14-25(29-18-24(12-11-23(29)3)32-10-6-7-13-34-32)17-26(15-21)30-19-33-31(16-22(2)20-35-33)28-9-5-4-8-27(28)30;1-2-6-10(7-3-1)11-8-4-5-9-12-11;/h4-11,13-20H,1-3H3;1-6,8-9H;/q2*-1;. The number of hydrogen-bond acceptors (Lipinski definition) is 3. The molecule has 0 bridgehead atoms. The number of fused-ring (bicyclic) bond motifs is 3. The molecular formula is C44H33IrN3-2. The van der Waals surface area contributed by atoms with Crippen LogP contribution < -0.4 is 0 Å². The first-order valence-electron chi connectivity index (χ1n) is 15.8. The third-order valence-corrected chi connectivity index (χ3v) is 8.29. The molecule has 3 nitrogen and oxygen atoms in total. The molecule has 0 aliphatic rings. The molecule has 0 N–H and O–H groups in total. The molecule has 0 atom stereocenters. The molecule has 0 unspecified atom stereocenters. The van der Waals surface area contributed by atoms with Gasteiger partial charge in [-0.25, -0.2) is 0 Å². The third-order valence-electron chi connectivity index (χ3n) is 8.29. The molecule has 3 aromatic heterocycles. The van der Waals surface area contributed by atoms with E-state index in [2.05, 4.69) is 110 Å². The van der Waals surface area contributed by atoms with Gasteiger partial charge in [0.1, 0.15) is 0 Å². The van der Waals surface area contributed by atoms with Gasteiger partial charge in [0.05, 0.1) is 5.52 Å². The average Bonchev–Trinajstić information content (AvgIpc) is 3.13. The zero-order chi connectivity index (χ0) is 32.2. The molecule has 0 spiro atoms. The van der Waals surface area contributed by atoms with Crippen molar-refractivity contribution in [2.75, 3.05) is 0 Å². The van der Waals surface area contributed by atoms with Crippen LogP contribution >= 0.6 is 0 Å².